The topological polar surface area (TPSA) is 63.4 Å². The van der Waals surface area contributed by atoms with Gasteiger partial charge in [-0.05, 0) is 31.4 Å². The number of halogens is 2. The van der Waals surface area contributed by atoms with Gasteiger partial charge in [-0.15, -0.1) is 0 Å². The van der Waals surface area contributed by atoms with E-state index >= 15 is 0 Å². The van der Waals surface area contributed by atoms with Crippen molar-refractivity contribution in [3.63, 3.8) is 0 Å². The van der Waals surface area contributed by atoms with Crippen LogP contribution >= 0.6 is 27.5 Å². The average molecular weight is 362 g/mol. The van der Waals surface area contributed by atoms with Crippen molar-refractivity contribution in [3.8, 4) is 0 Å². The summed E-state index contributed by atoms with van der Waals surface area (Å²) in [5, 5.41) is 12.0. The van der Waals surface area contributed by atoms with Gasteiger partial charge >= 0.3 is 0 Å². The lowest BCUT2D eigenvalue weighted by molar-refractivity contribution is -0.385. The third-order valence-corrected chi connectivity index (χ3v) is 4.08. The van der Waals surface area contributed by atoms with Crippen molar-refractivity contribution in [2.24, 2.45) is 0 Å². The van der Waals surface area contributed by atoms with E-state index in [0.717, 1.165) is 19.3 Å². The highest BCUT2D eigenvalue weighted by atomic mass is 79.9. The molecule has 1 aliphatic rings. The van der Waals surface area contributed by atoms with Crippen LogP contribution in [0.15, 0.2) is 18.2 Å². The zero-order valence-corrected chi connectivity index (χ0v) is 13.1. The molecule has 0 heterocycles. The van der Waals surface area contributed by atoms with E-state index in [1.807, 2.05) is 0 Å². The van der Waals surface area contributed by atoms with Gasteiger partial charge in [0.1, 0.15) is 5.56 Å². The normalized spacial score (nSPS) is 14.7. The van der Waals surface area contributed by atoms with Crippen LogP contribution in [0.25, 0.3) is 0 Å². The van der Waals surface area contributed by atoms with E-state index in [-0.39, 0.29) is 23.2 Å². The lowest BCUT2D eigenvalue weighted by atomic mass is 9.91. The summed E-state index contributed by atoms with van der Waals surface area (Å²) in [7, 11) is 0. The second-order valence-corrected chi connectivity index (χ2v) is 5.92. The van der Waals surface area contributed by atoms with Crippen LogP contribution < -0.4 is 0 Å². The number of carbonyl (C=O) groups excluding carboxylic acids is 1. The van der Waals surface area contributed by atoms with Crippen molar-refractivity contribution in [3.05, 3.63) is 38.9 Å². The number of carbonyl (C=O) groups is 1. The highest BCUT2D eigenvalue weighted by Gasteiger charge is 2.32. The summed E-state index contributed by atoms with van der Waals surface area (Å²) in [6.07, 6.45) is 2.99. The molecule has 0 saturated heterocycles. The van der Waals surface area contributed by atoms with E-state index < -0.39 is 4.92 Å². The first-order chi connectivity index (χ1) is 9.54. The monoisotopic (exact) mass is 360 g/mol. The molecular weight excluding hydrogens is 348 g/mol. The first-order valence-electron chi connectivity index (χ1n) is 6.35. The van der Waals surface area contributed by atoms with Gasteiger partial charge in [-0.25, -0.2) is 0 Å². The van der Waals surface area contributed by atoms with E-state index in [1.54, 1.807) is 4.90 Å². The van der Waals surface area contributed by atoms with Crippen LogP contribution in [0.3, 0.4) is 0 Å². The summed E-state index contributed by atoms with van der Waals surface area (Å²) >= 11 is 9.19. The van der Waals surface area contributed by atoms with Gasteiger partial charge in [0.15, 0.2) is 0 Å². The first kappa shape index (κ1) is 15.3. The Morgan fingerprint density at radius 3 is 2.70 bits per heavy atom. The van der Waals surface area contributed by atoms with Gasteiger partial charge in [-0.1, -0.05) is 27.5 Å². The van der Waals surface area contributed by atoms with Gasteiger partial charge in [0.2, 0.25) is 0 Å². The largest absolute Gasteiger partial charge is 0.335 e. The van der Waals surface area contributed by atoms with Crippen molar-refractivity contribution >= 4 is 39.1 Å². The molecule has 7 heteroatoms. The van der Waals surface area contributed by atoms with E-state index in [4.69, 9.17) is 11.6 Å². The molecule has 20 heavy (non-hydrogen) atoms. The molecule has 5 nitrogen and oxygen atoms in total. The van der Waals surface area contributed by atoms with Crippen molar-refractivity contribution in [1.29, 1.82) is 0 Å². The zero-order valence-electron chi connectivity index (χ0n) is 10.7. The van der Waals surface area contributed by atoms with E-state index in [9.17, 15) is 14.9 Å². The molecule has 1 aromatic rings. The molecule has 2 rings (SSSR count). The second kappa shape index (κ2) is 6.54. The molecule has 1 aliphatic carbocycles. The number of nitrogens with zero attached hydrogens (tertiary/aromatic N) is 2. The van der Waals surface area contributed by atoms with Gasteiger partial charge in [0, 0.05) is 29.0 Å². The molecule has 0 aliphatic heterocycles. The Morgan fingerprint density at radius 1 is 1.50 bits per heavy atom. The zero-order chi connectivity index (χ0) is 14.7. The SMILES string of the molecule is O=C(c1cc(Cl)ccc1[N+](=O)[O-])N(CCBr)C1CCC1. The third-order valence-electron chi connectivity index (χ3n) is 3.49. The average Bonchev–Trinajstić information content (AvgIpc) is 2.34. The highest BCUT2D eigenvalue weighted by Crippen LogP contribution is 2.29. The van der Waals surface area contributed by atoms with Gasteiger partial charge in [-0.3, -0.25) is 14.9 Å². The lowest BCUT2D eigenvalue weighted by Crippen LogP contribution is -2.45. The fourth-order valence-corrected chi connectivity index (χ4v) is 2.79. The minimum Gasteiger partial charge on any atom is -0.335 e. The van der Waals surface area contributed by atoms with Gasteiger partial charge in [-0.2, -0.15) is 0 Å². The summed E-state index contributed by atoms with van der Waals surface area (Å²) < 4.78 is 0. The Hall–Kier alpha value is -1.14. The first-order valence-corrected chi connectivity index (χ1v) is 7.85. The van der Waals surface area contributed by atoms with E-state index in [0.29, 0.717) is 16.9 Å². The molecule has 0 unspecified atom stereocenters. The van der Waals surface area contributed by atoms with Gasteiger partial charge in [0.05, 0.1) is 4.92 Å². The number of nitro benzene ring substituents is 1. The molecule has 0 spiro atoms. The maximum atomic E-state index is 12.6. The number of amides is 1. The Kier molecular flexibility index (Phi) is 4.99. The van der Waals surface area contributed by atoms with Crippen molar-refractivity contribution in [1.82, 2.24) is 4.90 Å². The van der Waals surface area contributed by atoms with Crippen LogP contribution in [0.2, 0.25) is 5.02 Å². The van der Waals surface area contributed by atoms with Gasteiger partial charge in [0.25, 0.3) is 11.6 Å². The molecule has 1 fully saturated rings. The van der Waals surface area contributed by atoms with Crippen LogP contribution in [-0.2, 0) is 0 Å². The fourth-order valence-electron chi connectivity index (χ4n) is 2.23. The predicted octanol–water partition coefficient (Wildman–Crippen LogP) is 3.64. The smallest absolute Gasteiger partial charge is 0.282 e. The Morgan fingerprint density at radius 2 is 2.20 bits per heavy atom. The third kappa shape index (κ3) is 3.12. The number of rotatable bonds is 5. The second-order valence-electron chi connectivity index (χ2n) is 4.69. The van der Waals surface area contributed by atoms with Gasteiger partial charge < -0.3 is 4.90 Å². The minimum atomic E-state index is -0.545. The number of benzene rings is 1. The van der Waals surface area contributed by atoms with E-state index in [2.05, 4.69) is 15.9 Å². The lowest BCUT2D eigenvalue weighted by Gasteiger charge is -2.37. The summed E-state index contributed by atoms with van der Waals surface area (Å²) in [5.74, 6) is -0.316. The molecule has 1 aromatic carbocycles. The molecule has 0 radical (unpaired) electrons. The molecule has 1 amide bonds. The number of hydrogen-bond acceptors (Lipinski definition) is 3. The number of nitro groups is 1. The summed E-state index contributed by atoms with van der Waals surface area (Å²) in [6, 6.07) is 4.26. The van der Waals surface area contributed by atoms with Crippen LogP contribution in [-0.4, -0.2) is 33.6 Å². The highest BCUT2D eigenvalue weighted by molar-refractivity contribution is 9.09. The van der Waals surface area contributed by atoms with Crippen LogP contribution in [0.4, 0.5) is 5.69 Å². The molecule has 0 bridgehead atoms. The molecule has 0 N–H and O–H groups in total. The number of alkyl halides is 1. The Labute approximate surface area is 130 Å². The molecule has 0 atom stereocenters. The molecule has 0 aromatic heterocycles. The molecule has 108 valence electrons. The molecule has 1 saturated carbocycles. The van der Waals surface area contributed by atoms with Crippen molar-refractivity contribution < 1.29 is 9.72 Å². The standard InChI is InChI=1S/C13H14BrClN2O3/c14-6-7-16(10-2-1-3-10)13(18)11-8-9(15)4-5-12(11)17(19)20/h4-5,8,10H,1-3,6-7H2. The quantitative estimate of drug-likeness (QED) is 0.457. The van der Waals surface area contributed by atoms with Crippen LogP contribution in [0.5, 0.6) is 0 Å². The van der Waals surface area contributed by atoms with Crippen LogP contribution in [0.1, 0.15) is 29.6 Å². The van der Waals surface area contributed by atoms with Crippen molar-refractivity contribution in [2.45, 2.75) is 25.3 Å². The number of hydrogen-bond donors (Lipinski definition) is 0. The molecular formula is C13H14BrClN2O3. The maximum Gasteiger partial charge on any atom is 0.282 e. The fraction of sp³-hybridized carbons (Fsp3) is 0.462. The Balaban J connectivity index is 2.34. The van der Waals surface area contributed by atoms with Crippen LogP contribution in [0, 0.1) is 10.1 Å². The summed E-state index contributed by atoms with van der Waals surface area (Å²) in [6.45, 7) is 0.535. The minimum absolute atomic E-state index is 0.0651. The summed E-state index contributed by atoms with van der Waals surface area (Å²) in [5.41, 5.74) is -0.131. The van der Waals surface area contributed by atoms with Crippen molar-refractivity contribution in [2.75, 3.05) is 11.9 Å². The van der Waals surface area contributed by atoms with E-state index in [1.165, 1.54) is 18.2 Å². The Bertz CT molecular complexity index is 534. The summed E-state index contributed by atoms with van der Waals surface area (Å²) in [4.78, 5) is 24.8. The predicted molar refractivity (Wildman–Crippen MR) is 80.6 cm³/mol. The maximum absolute atomic E-state index is 12.6.